The molecule has 0 radical (unpaired) electrons. The second-order valence-corrected chi connectivity index (χ2v) is 6.36. The molecule has 122 valence electrons. The molecule has 0 spiro atoms. The van der Waals surface area contributed by atoms with Gasteiger partial charge >= 0.3 is 0 Å². The molecule has 22 heavy (non-hydrogen) atoms. The van der Waals surface area contributed by atoms with Gasteiger partial charge in [-0.3, -0.25) is 4.79 Å². The molecular formula is C17H24ClNO3. The van der Waals surface area contributed by atoms with Crippen LogP contribution >= 0.6 is 11.6 Å². The molecule has 1 saturated heterocycles. The predicted octanol–water partition coefficient (Wildman–Crippen LogP) is 3.44. The molecule has 3 unspecified atom stereocenters. The third kappa shape index (κ3) is 4.14. The Hall–Kier alpha value is -1.26. The van der Waals surface area contributed by atoms with Crippen LogP contribution in [0, 0.1) is 6.92 Å². The van der Waals surface area contributed by atoms with E-state index in [0.29, 0.717) is 30.3 Å². The van der Waals surface area contributed by atoms with Gasteiger partial charge < -0.3 is 14.4 Å². The first-order valence-corrected chi connectivity index (χ1v) is 8.15. The van der Waals surface area contributed by atoms with E-state index in [-0.39, 0.29) is 18.1 Å². The van der Waals surface area contributed by atoms with Crippen LogP contribution in [0.1, 0.15) is 32.8 Å². The predicted molar refractivity (Wildman–Crippen MR) is 87.5 cm³/mol. The number of carbonyl (C=O) groups excluding carboxylic acids is 1. The van der Waals surface area contributed by atoms with Crippen molar-refractivity contribution in [2.24, 2.45) is 0 Å². The number of ether oxygens (including phenoxy) is 2. The molecule has 1 heterocycles. The number of hydrogen-bond acceptors (Lipinski definition) is 3. The fourth-order valence-electron chi connectivity index (χ4n) is 2.72. The number of amides is 1. The third-order valence-corrected chi connectivity index (χ3v) is 4.05. The summed E-state index contributed by atoms with van der Waals surface area (Å²) < 4.78 is 11.6. The first-order chi connectivity index (χ1) is 10.4. The maximum Gasteiger partial charge on any atom is 0.263 e. The second kappa shape index (κ2) is 7.34. The van der Waals surface area contributed by atoms with Crippen molar-refractivity contribution in [3.05, 3.63) is 28.8 Å². The van der Waals surface area contributed by atoms with Gasteiger partial charge in [-0.05, 0) is 44.9 Å². The van der Waals surface area contributed by atoms with E-state index in [0.717, 1.165) is 5.56 Å². The smallest absolute Gasteiger partial charge is 0.263 e. The zero-order valence-electron chi connectivity index (χ0n) is 13.6. The summed E-state index contributed by atoms with van der Waals surface area (Å²) in [5, 5.41) is 0.528. The highest BCUT2D eigenvalue weighted by Gasteiger charge is 2.31. The molecule has 2 rings (SSSR count). The Morgan fingerprint density at radius 3 is 2.64 bits per heavy atom. The summed E-state index contributed by atoms with van der Waals surface area (Å²) in [6.45, 7) is 9.08. The average molecular weight is 326 g/mol. The van der Waals surface area contributed by atoms with Gasteiger partial charge in [-0.15, -0.1) is 0 Å². The SMILES string of the molecule is CCC(Oc1cc(C)ccc1Cl)C(=O)N1CC(C)OC(C)C1. The number of hydrogen-bond donors (Lipinski definition) is 0. The van der Waals surface area contributed by atoms with Crippen LogP contribution in [0.25, 0.3) is 0 Å². The third-order valence-electron chi connectivity index (χ3n) is 3.73. The van der Waals surface area contributed by atoms with Gasteiger partial charge in [0.05, 0.1) is 17.2 Å². The van der Waals surface area contributed by atoms with Gasteiger partial charge in [0, 0.05) is 13.1 Å². The van der Waals surface area contributed by atoms with Crippen molar-refractivity contribution in [3.63, 3.8) is 0 Å². The largest absolute Gasteiger partial charge is 0.479 e. The van der Waals surface area contributed by atoms with Gasteiger partial charge in [-0.2, -0.15) is 0 Å². The first-order valence-electron chi connectivity index (χ1n) is 7.77. The number of carbonyl (C=O) groups is 1. The Morgan fingerprint density at radius 1 is 1.41 bits per heavy atom. The van der Waals surface area contributed by atoms with Crippen molar-refractivity contribution in [1.29, 1.82) is 0 Å². The first kappa shape index (κ1) is 17.1. The summed E-state index contributed by atoms with van der Waals surface area (Å²) in [5.74, 6) is 0.568. The number of morpholine rings is 1. The highest BCUT2D eigenvalue weighted by molar-refractivity contribution is 6.32. The zero-order chi connectivity index (χ0) is 16.3. The van der Waals surface area contributed by atoms with Gasteiger partial charge in [0.15, 0.2) is 6.10 Å². The Labute approximate surface area is 137 Å². The molecule has 0 saturated carbocycles. The van der Waals surface area contributed by atoms with Crippen LogP contribution in [0.15, 0.2) is 18.2 Å². The van der Waals surface area contributed by atoms with Crippen LogP contribution in [-0.4, -0.2) is 42.2 Å². The number of rotatable bonds is 4. The van der Waals surface area contributed by atoms with Gasteiger partial charge in [0.1, 0.15) is 5.75 Å². The summed E-state index contributed by atoms with van der Waals surface area (Å²) in [6.07, 6.45) is 0.181. The van der Waals surface area contributed by atoms with E-state index in [1.165, 1.54) is 0 Å². The van der Waals surface area contributed by atoms with Crippen LogP contribution in [-0.2, 0) is 9.53 Å². The average Bonchev–Trinajstić information content (AvgIpc) is 2.46. The zero-order valence-corrected chi connectivity index (χ0v) is 14.4. The minimum Gasteiger partial charge on any atom is -0.479 e. The molecule has 1 aliphatic rings. The van der Waals surface area contributed by atoms with Crippen molar-refractivity contribution >= 4 is 17.5 Å². The normalized spacial score (nSPS) is 23.2. The number of halogens is 1. The summed E-state index contributed by atoms with van der Waals surface area (Å²) >= 11 is 6.16. The quantitative estimate of drug-likeness (QED) is 0.851. The molecule has 1 amide bonds. The maximum absolute atomic E-state index is 12.7. The van der Waals surface area contributed by atoms with Crippen LogP contribution in [0.4, 0.5) is 0 Å². The molecule has 1 fully saturated rings. The van der Waals surface area contributed by atoms with E-state index in [9.17, 15) is 4.79 Å². The number of benzene rings is 1. The summed E-state index contributed by atoms with van der Waals surface area (Å²) in [4.78, 5) is 14.6. The van der Waals surface area contributed by atoms with Crippen molar-refractivity contribution in [2.75, 3.05) is 13.1 Å². The molecule has 1 aliphatic heterocycles. The van der Waals surface area contributed by atoms with Crippen LogP contribution in [0.3, 0.4) is 0 Å². The van der Waals surface area contributed by atoms with Gasteiger partial charge in [-0.25, -0.2) is 0 Å². The second-order valence-electron chi connectivity index (χ2n) is 5.95. The lowest BCUT2D eigenvalue weighted by Gasteiger charge is -2.37. The fraction of sp³-hybridized carbons (Fsp3) is 0.588. The number of nitrogens with zero attached hydrogens (tertiary/aromatic N) is 1. The molecule has 0 bridgehead atoms. The monoisotopic (exact) mass is 325 g/mol. The summed E-state index contributed by atoms with van der Waals surface area (Å²) in [6, 6.07) is 5.58. The Balaban J connectivity index is 2.10. The molecule has 4 nitrogen and oxygen atoms in total. The summed E-state index contributed by atoms with van der Waals surface area (Å²) in [5.41, 5.74) is 1.05. The van der Waals surface area contributed by atoms with E-state index in [1.807, 2.05) is 44.7 Å². The lowest BCUT2D eigenvalue weighted by atomic mass is 10.1. The lowest BCUT2D eigenvalue weighted by Crippen LogP contribution is -2.52. The van der Waals surface area contributed by atoms with Crippen molar-refractivity contribution < 1.29 is 14.3 Å². The highest BCUT2D eigenvalue weighted by atomic mass is 35.5. The standard InChI is InChI=1S/C17H24ClNO3/c1-5-15(22-16-8-11(2)6-7-14(16)18)17(20)19-9-12(3)21-13(4)10-19/h6-8,12-13,15H,5,9-10H2,1-4H3. The Bertz CT molecular complexity index is 525. The fourth-order valence-corrected chi connectivity index (χ4v) is 2.89. The van der Waals surface area contributed by atoms with Crippen molar-refractivity contribution in [1.82, 2.24) is 4.90 Å². The minimum absolute atomic E-state index is 0.00192. The topological polar surface area (TPSA) is 38.8 Å². The van der Waals surface area contributed by atoms with Crippen LogP contribution < -0.4 is 4.74 Å². The maximum atomic E-state index is 12.7. The van der Waals surface area contributed by atoms with Crippen molar-refractivity contribution in [2.45, 2.75) is 52.4 Å². The summed E-state index contributed by atoms with van der Waals surface area (Å²) in [7, 11) is 0. The van der Waals surface area contributed by atoms with E-state index >= 15 is 0 Å². The number of aryl methyl sites for hydroxylation is 1. The van der Waals surface area contributed by atoms with Gasteiger partial charge in [0.25, 0.3) is 5.91 Å². The van der Waals surface area contributed by atoms with E-state index in [2.05, 4.69) is 0 Å². The lowest BCUT2D eigenvalue weighted by molar-refractivity contribution is -0.150. The van der Waals surface area contributed by atoms with Crippen molar-refractivity contribution in [3.8, 4) is 5.75 Å². The van der Waals surface area contributed by atoms with E-state index in [4.69, 9.17) is 21.1 Å². The molecule has 0 aliphatic carbocycles. The van der Waals surface area contributed by atoms with Gasteiger partial charge in [-0.1, -0.05) is 24.6 Å². The van der Waals surface area contributed by atoms with Crippen LogP contribution in [0.5, 0.6) is 5.75 Å². The van der Waals surface area contributed by atoms with E-state index < -0.39 is 6.10 Å². The molecule has 5 heteroatoms. The molecule has 0 N–H and O–H groups in total. The van der Waals surface area contributed by atoms with E-state index in [1.54, 1.807) is 6.07 Å². The highest BCUT2D eigenvalue weighted by Crippen LogP contribution is 2.27. The van der Waals surface area contributed by atoms with Crippen LogP contribution in [0.2, 0.25) is 5.02 Å². The molecular weight excluding hydrogens is 302 g/mol. The Morgan fingerprint density at radius 2 is 2.05 bits per heavy atom. The molecule has 1 aromatic carbocycles. The Kier molecular flexibility index (Phi) is 5.70. The molecule has 0 aromatic heterocycles. The molecule has 1 aromatic rings. The minimum atomic E-state index is -0.517. The van der Waals surface area contributed by atoms with Gasteiger partial charge in [0.2, 0.25) is 0 Å². The molecule has 3 atom stereocenters.